The summed E-state index contributed by atoms with van der Waals surface area (Å²) in [4.78, 5) is 15.6. The van der Waals surface area contributed by atoms with Gasteiger partial charge in [-0.15, -0.1) is 0 Å². The highest BCUT2D eigenvalue weighted by Crippen LogP contribution is 2.23. The Morgan fingerprint density at radius 2 is 1.95 bits per heavy atom. The number of pyridine rings is 1. The number of esters is 1. The van der Waals surface area contributed by atoms with Crippen LogP contribution in [0.5, 0.6) is 5.75 Å². The Morgan fingerprint density at radius 1 is 1.21 bits per heavy atom. The Balaban J connectivity index is 2.21. The second-order valence-corrected chi connectivity index (χ2v) is 4.16. The molecular formula is C15H15NO3. The van der Waals surface area contributed by atoms with Gasteiger partial charge in [0.25, 0.3) is 0 Å². The molecule has 0 saturated heterocycles. The summed E-state index contributed by atoms with van der Waals surface area (Å²) in [7, 11) is 1.31. The predicted molar refractivity (Wildman–Crippen MR) is 71.1 cm³/mol. The fourth-order valence-electron chi connectivity index (χ4n) is 1.96. The molecule has 19 heavy (non-hydrogen) atoms. The monoisotopic (exact) mass is 257 g/mol. The molecule has 4 heteroatoms. The third kappa shape index (κ3) is 3.10. The highest BCUT2D eigenvalue weighted by molar-refractivity contribution is 5.94. The van der Waals surface area contributed by atoms with E-state index in [1.165, 1.54) is 13.2 Å². The molecule has 98 valence electrons. The zero-order valence-corrected chi connectivity index (χ0v) is 10.7. The number of carbonyl (C=O) groups excluding carboxylic acids is 1. The average Bonchev–Trinajstić information content (AvgIpc) is 2.45. The van der Waals surface area contributed by atoms with Gasteiger partial charge in [0.15, 0.2) is 0 Å². The van der Waals surface area contributed by atoms with Crippen LogP contribution in [0.4, 0.5) is 0 Å². The molecule has 1 aromatic heterocycles. The van der Waals surface area contributed by atoms with Crippen LogP contribution < -0.4 is 0 Å². The van der Waals surface area contributed by atoms with E-state index in [0.29, 0.717) is 6.42 Å². The maximum atomic E-state index is 11.7. The minimum atomic E-state index is -0.511. The first-order chi connectivity index (χ1) is 9.22. The molecule has 0 bridgehead atoms. The van der Waals surface area contributed by atoms with Crippen LogP contribution >= 0.6 is 0 Å². The van der Waals surface area contributed by atoms with Gasteiger partial charge in [-0.2, -0.15) is 0 Å². The minimum Gasteiger partial charge on any atom is -0.507 e. The Kier molecular flexibility index (Phi) is 4.13. The van der Waals surface area contributed by atoms with Crippen LogP contribution in [-0.4, -0.2) is 23.2 Å². The third-order valence-electron chi connectivity index (χ3n) is 2.95. The van der Waals surface area contributed by atoms with Crippen LogP contribution in [0.3, 0.4) is 0 Å². The maximum absolute atomic E-state index is 11.7. The van der Waals surface area contributed by atoms with E-state index in [0.717, 1.165) is 17.5 Å². The number of aromatic hydroxyl groups is 1. The highest BCUT2D eigenvalue weighted by Gasteiger charge is 2.16. The summed E-state index contributed by atoms with van der Waals surface area (Å²) in [6.07, 6.45) is 4.90. The molecule has 1 N–H and O–H groups in total. The Morgan fingerprint density at radius 3 is 2.63 bits per heavy atom. The molecule has 0 spiro atoms. The molecule has 1 heterocycles. The molecule has 0 radical (unpaired) electrons. The van der Waals surface area contributed by atoms with Crippen molar-refractivity contribution in [3.05, 3.63) is 59.4 Å². The van der Waals surface area contributed by atoms with Crippen LogP contribution in [0.1, 0.15) is 21.5 Å². The number of methoxy groups -OCH3 is 1. The van der Waals surface area contributed by atoms with Gasteiger partial charge in [0.2, 0.25) is 0 Å². The standard InChI is InChI=1S/C15H15NO3/c1-19-15(18)14-12(3-2-4-13(14)17)6-5-11-7-9-16-10-8-11/h2-4,7-10,17H,5-6H2,1H3. The summed E-state index contributed by atoms with van der Waals surface area (Å²) >= 11 is 0. The fourth-order valence-corrected chi connectivity index (χ4v) is 1.96. The molecule has 0 saturated carbocycles. The zero-order chi connectivity index (χ0) is 13.7. The summed E-state index contributed by atoms with van der Waals surface area (Å²) in [6, 6.07) is 8.90. The number of ether oxygens (including phenoxy) is 1. The van der Waals surface area contributed by atoms with E-state index in [1.807, 2.05) is 18.2 Å². The molecule has 0 unspecified atom stereocenters. The lowest BCUT2D eigenvalue weighted by Crippen LogP contribution is -2.07. The Hall–Kier alpha value is -2.36. The number of hydrogen-bond acceptors (Lipinski definition) is 4. The molecule has 0 aliphatic rings. The van der Waals surface area contributed by atoms with Crippen molar-refractivity contribution in [1.82, 2.24) is 4.98 Å². The summed E-state index contributed by atoms with van der Waals surface area (Å²) in [6.45, 7) is 0. The molecular weight excluding hydrogens is 242 g/mol. The molecule has 0 aliphatic heterocycles. The van der Waals surface area contributed by atoms with Crippen LogP contribution in [0.15, 0.2) is 42.7 Å². The van der Waals surface area contributed by atoms with Crippen molar-refractivity contribution in [1.29, 1.82) is 0 Å². The lowest BCUT2D eigenvalue weighted by molar-refractivity contribution is 0.0596. The second-order valence-electron chi connectivity index (χ2n) is 4.16. The second kappa shape index (κ2) is 6.00. The van der Waals surface area contributed by atoms with Gasteiger partial charge in [-0.05, 0) is 42.2 Å². The molecule has 0 atom stereocenters. The van der Waals surface area contributed by atoms with E-state index in [1.54, 1.807) is 18.5 Å². The summed E-state index contributed by atoms with van der Waals surface area (Å²) < 4.78 is 4.70. The van der Waals surface area contributed by atoms with Crippen LogP contribution in [-0.2, 0) is 17.6 Å². The number of aromatic nitrogens is 1. The van der Waals surface area contributed by atoms with Crippen molar-refractivity contribution in [2.45, 2.75) is 12.8 Å². The normalized spacial score (nSPS) is 10.2. The summed E-state index contributed by atoms with van der Waals surface area (Å²) in [5, 5.41) is 9.78. The fraction of sp³-hybridized carbons (Fsp3) is 0.200. The lowest BCUT2D eigenvalue weighted by atomic mass is 9.99. The third-order valence-corrected chi connectivity index (χ3v) is 2.95. The number of phenols is 1. The maximum Gasteiger partial charge on any atom is 0.341 e. The van der Waals surface area contributed by atoms with E-state index in [-0.39, 0.29) is 11.3 Å². The number of nitrogens with zero attached hydrogens (tertiary/aromatic N) is 1. The Bertz CT molecular complexity index is 567. The predicted octanol–water partition coefficient (Wildman–Crippen LogP) is 2.36. The first kappa shape index (κ1) is 13.1. The summed E-state index contributed by atoms with van der Waals surface area (Å²) in [5.74, 6) is -0.554. The number of aryl methyl sites for hydroxylation is 2. The smallest absolute Gasteiger partial charge is 0.341 e. The zero-order valence-electron chi connectivity index (χ0n) is 10.7. The van der Waals surface area contributed by atoms with Gasteiger partial charge in [-0.1, -0.05) is 12.1 Å². The van der Waals surface area contributed by atoms with E-state index >= 15 is 0 Å². The molecule has 4 nitrogen and oxygen atoms in total. The van der Waals surface area contributed by atoms with Gasteiger partial charge in [-0.3, -0.25) is 4.98 Å². The van der Waals surface area contributed by atoms with Crippen molar-refractivity contribution in [2.24, 2.45) is 0 Å². The van der Waals surface area contributed by atoms with Crippen molar-refractivity contribution in [3.63, 3.8) is 0 Å². The highest BCUT2D eigenvalue weighted by atomic mass is 16.5. The first-order valence-electron chi connectivity index (χ1n) is 6.00. The first-order valence-corrected chi connectivity index (χ1v) is 6.00. The van der Waals surface area contributed by atoms with Gasteiger partial charge >= 0.3 is 5.97 Å². The van der Waals surface area contributed by atoms with Crippen LogP contribution in [0.2, 0.25) is 0 Å². The molecule has 2 rings (SSSR count). The van der Waals surface area contributed by atoms with Gasteiger partial charge < -0.3 is 9.84 Å². The van der Waals surface area contributed by atoms with Gasteiger partial charge in [0, 0.05) is 12.4 Å². The number of phenolic OH excluding ortho intramolecular Hbond substituents is 1. The van der Waals surface area contributed by atoms with Gasteiger partial charge in [0.1, 0.15) is 11.3 Å². The van der Waals surface area contributed by atoms with Crippen molar-refractivity contribution >= 4 is 5.97 Å². The number of benzene rings is 1. The molecule has 0 fully saturated rings. The molecule has 0 amide bonds. The van der Waals surface area contributed by atoms with E-state index in [2.05, 4.69) is 4.98 Å². The quantitative estimate of drug-likeness (QED) is 0.854. The van der Waals surface area contributed by atoms with E-state index < -0.39 is 5.97 Å². The number of hydrogen-bond donors (Lipinski definition) is 1. The van der Waals surface area contributed by atoms with E-state index in [9.17, 15) is 9.90 Å². The largest absolute Gasteiger partial charge is 0.507 e. The lowest BCUT2D eigenvalue weighted by Gasteiger charge is -2.09. The summed E-state index contributed by atoms with van der Waals surface area (Å²) in [5.41, 5.74) is 2.16. The van der Waals surface area contributed by atoms with Gasteiger partial charge in [0.05, 0.1) is 7.11 Å². The number of rotatable bonds is 4. The molecule has 1 aromatic carbocycles. The van der Waals surface area contributed by atoms with Crippen LogP contribution in [0.25, 0.3) is 0 Å². The van der Waals surface area contributed by atoms with Gasteiger partial charge in [-0.25, -0.2) is 4.79 Å². The van der Waals surface area contributed by atoms with Crippen molar-refractivity contribution < 1.29 is 14.6 Å². The SMILES string of the molecule is COC(=O)c1c(O)cccc1CCc1ccncc1. The van der Waals surface area contributed by atoms with Crippen molar-refractivity contribution in [3.8, 4) is 5.75 Å². The van der Waals surface area contributed by atoms with Crippen LogP contribution in [0, 0.1) is 0 Å². The average molecular weight is 257 g/mol. The van der Waals surface area contributed by atoms with Crippen molar-refractivity contribution in [2.75, 3.05) is 7.11 Å². The topological polar surface area (TPSA) is 59.4 Å². The molecule has 2 aromatic rings. The number of carbonyl (C=O) groups is 1. The Labute approximate surface area is 111 Å². The minimum absolute atomic E-state index is 0.0425. The van der Waals surface area contributed by atoms with E-state index in [4.69, 9.17) is 4.74 Å². The molecule has 0 aliphatic carbocycles.